The van der Waals surface area contributed by atoms with Crippen LogP contribution in [0.5, 0.6) is 0 Å². The van der Waals surface area contributed by atoms with E-state index in [2.05, 4.69) is 9.98 Å². The highest BCUT2D eigenvalue weighted by atomic mass is 32.2. The monoisotopic (exact) mass is 298 g/mol. The first-order valence-corrected chi connectivity index (χ1v) is 8.38. The van der Waals surface area contributed by atoms with Crippen LogP contribution in [0.3, 0.4) is 0 Å². The lowest BCUT2D eigenvalue weighted by Crippen LogP contribution is -2.12. The maximum absolute atomic E-state index is 4.69. The Kier molecular flexibility index (Phi) is 4.56. The van der Waals surface area contributed by atoms with Gasteiger partial charge in [0.25, 0.3) is 0 Å². The molecule has 3 rings (SSSR count). The molecule has 1 aliphatic rings. The molecular formula is C16H14N2S2. The predicted molar refractivity (Wildman–Crippen MR) is 92.0 cm³/mol. The summed E-state index contributed by atoms with van der Waals surface area (Å²) in [5.74, 6) is 1.93. The highest BCUT2D eigenvalue weighted by Crippen LogP contribution is 2.27. The van der Waals surface area contributed by atoms with Gasteiger partial charge in [-0.1, -0.05) is 48.2 Å². The first-order valence-electron chi connectivity index (χ1n) is 6.41. The second kappa shape index (κ2) is 6.77. The van der Waals surface area contributed by atoms with Crippen molar-refractivity contribution < 1.29 is 0 Å². The maximum Gasteiger partial charge on any atom is 0.0897 e. The van der Waals surface area contributed by atoms with Crippen LogP contribution in [0.15, 0.2) is 70.6 Å². The SMILES string of the molecule is c1ccc(N=C2CSCC(=Nc3ccccc3)S2)cc1. The Morgan fingerprint density at radius 2 is 1.10 bits per heavy atom. The largest absolute Gasteiger partial charge is 0.245 e. The van der Waals surface area contributed by atoms with Crippen LogP contribution in [-0.4, -0.2) is 21.6 Å². The van der Waals surface area contributed by atoms with E-state index in [1.807, 2.05) is 72.4 Å². The van der Waals surface area contributed by atoms with E-state index in [1.165, 1.54) is 0 Å². The van der Waals surface area contributed by atoms with Gasteiger partial charge in [0.1, 0.15) is 0 Å². The van der Waals surface area contributed by atoms with Crippen LogP contribution in [0.1, 0.15) is 0 Å². The van der Waals surface area contributed by atoms with Gasteiger partial charge >= 0.3 is 0 Å². The average molecular weight is 298 g/mol. The van der Waals surface area contributed by atoms with E-state index in [0.29, 0.717) is 0 Å². The highest BCUT2D eigenvalue weighted by molar-refractivity contribution is 8.30. The molecule has 1 saturated heterocycles. The second-order valence-electron chi connectivity index (χ2n) is 4.28. The molecule has 0 aliphatic carbocycles. The van der Waals surface area contributed by atoms with Gasteiger partial charge in [-0.2, -0.15) is 0 Å². The van der Waals surface area contributed by atoms with Crippen LogP contribution < -0.4 is 0 Å². The third-order valence-electron chi connectivity index (χ3n) is 2.71. The van der Waals surface area contributed by atoms with E-state index in [1.54, 1.807) is 11.8 Å². The summed E-state index contributed by atoms with van der Waals surface area (Å²) in [5.41, 5.74) is 2.02. The number of hydrogen-bond donors (Lipinski definition) is 0. The number of hydrogen-bond acceptors (Lipinski definition) is 4. The Balaban J connectivity index is 1.77. The highest BCUT2D eigenvalue weighted by Gasteiger charge is 2.14. The fraction of sp³-hybridized carbons (Fsp3) is 0.125. The van der Waals surface area contributed by atoms with E-state index in [4.69, 9.17) is 0 Å². The van der Waals surface area contributed by atoms with Gasteiger partial charge in [0.05, 0.1) is 21.5 Å². The van der Waals surface area contributed by atoms with Gasteiger partial charge in [0.15, 0.2) is 0 Å². The van der Waals surface area contributed by atoms with Crippen LogP contribution in [0.2, 0.25) is 0 Å². The van der Waals surface area contributed by atoms with Crippen molar-refractivity contribution in [2.75, 3.05) is 11.5 Å². The zero-order valence-corrected chi connectivity index (χ0v) is 12.5. The van der Waals surface area contributed by atoms with E-state index in [0.717, 1.165) is 33.0 Å². The van der Waals surface area contributed by atoms with Crippen molar-refractivity contribution in [1.82, 2.24) is 0 Å². The summed E-state index contributed by atoms with van der Waals surface area (Å²) in [6.45, 7) is 0. The Bertz CT molecular complexity index is 566. The molecule has 0 aromatic heterocycles. The summed E-state index contributed by atoms with van der Waals surface area (Å²) < 4.78 is 0. The molecule has 2 nitrogen and oxygen atoms in total. The van der Waals surface area contributed by atoms with Gasteiger partial charge in [-0.15, -0.1) is 11.8 Å². The molecule has 0 saturated carbocycles. The molecule has 1 heterocycles. The predicted octanol–water partition coefficient (Wildman–Crippen LogP) is 4.93. The van der Waals surface area contributed by atoms with Crippen LogP contribution >= 0.6 is 23.5 Å². The molecule has 0 bridgehead atoms. The quantitative estimate of drug-likeness (QED) is 0.785. The molecule has 0 unspecified atom stereocenters. The number of aliphatic imine (C=N–C) groups is 2. The second-order valence-corrected chi connectivity index (χ2v) is 6.41. The van der Waals surface area contributed by atoms with Gasteiger partial charge in [-0.05, 0) is 24.3 Å². The standard InChI is InChI=1S/C16H14N2S2/c1-3-7-13(8-4-1)17-15-11-19-12-16(20-15)18-14-9-5-2-6-10-14/h1-10H,11-12H2. The van der Waals surface area contributed by atoms with Gasteiger partial charge in [-0.3, -0.25) is 0 Å². The Labute approximate surface area is 127 Å². The molecule has 0 radical (unpaired) electrons. The molecule has 20 heavy (non-hydrogen) atoms. The van der Waals surface area contributed by atoms with Crippen LogP contribution in [0.4, 0.5) is 11.4 Å². The fourth-order valence-electron chi connectivity index (χ4n) is 1.82. The van der Waals surface area contributed by atoms with Gasteiger partial charge in [0, 0.05) is 11.5 Å². The van der Waals surface area contributed by atoms with E-state index < -0.39 is 0 Å². The van der Waals surface area contributed by atoms with Crippen molar-refractivity contribution in [2.24, 2.45) is 9.98 Å². The van der Waals surface area contributed by atoms with E-state index >= 15 is 0 Å². The Morgan fingerprint density at radius 3 is 1.55 bits per heavy atom. The van der Waals surface area contributed by atoms with Crippen molar-refractivity contribution in [3.8, 4) is 0 Å². The van der Waals surface area contributed by atoms with Crippen molar-refractivity contribution >= 4 is 45.0 Å². The minimum atomic E-state index is 0.966. The topological polar surface area (TPSA) is 24.7 Å². The van der Waals surface area contributed by atoms with E-state index in [-0.39, 0.29) is 0 Å². The number of thioether (sulfide) groups is 2. The Morgan fingerprint density at radius 1 is 0.650 bits per heavy atom. The first kappa shape index (κ1) is 13.5. The van der Waals surface area contributed by atoms with Crippen LogP contribution in [0.25, 0.3) is 0 Å². The molecule has 1 fully saturated rings. The minimum Gasteiger partial charge on any atom is -0.245 e. The van der Waals surface area contributed by atoms with Gasteiger partial charge < -0.3 is 0 Å². The minimum absolute atomic E-state index is 0.966. The van der Waals surface area contributed by atoms with Gasteiger partial charge in [0.2, 0.25) is 0 Å². The molecule has 2 aromatic carbocycles. The number of rotatable bonds is 2. The molecule has 4 heteroatoms. The number of nitrogens with zero attached hydrogens (tertiary/aromatic N) is 2. The lowest BCUT2D eigenvalue weighted by molar-refractivity contribution is 1.51. The smallest absolute Gasteiger partial charge is 0.0897 e. The lowest BCUT2D eigenvalue weighted by Gasteiger charge is -2.14. The molecular weight excluding hydrogens is 284 g/mol. The maximum atomic E-state index is 4.69. The molecule has 2 aromatic rings. The number of para-hydroxylation sites is 2. The summed E-state index contributed by atoms with van der Waals surface area (Å²) in [7, 11) is 0. The zero-order valence-electron chi connectivity index (χ0n) is 10.9. The summed E-state index contributed by atoms with van der Waals surface area (Å²) in [6.07, 6.45) is 0. The van der Waals surface area contributed by atoms with Crippen LogP contribution in [-0.2, 0) is 0 Å². The summed E-state index contributed by atoms with van der Waals surface area (Å²) >= 11 is 3.57. The van der Waals surface area contributed by atoms with Crippen LogP contribution in [0, 0.1) is 0 Å². The Hall–Kier alpha value is -1.52. The zero-order chi connectivity index (χ0) is 13.6. The average Bonchev–Trinajstić information content (AvgIpc) is 2.50. The number of benzene rings is 2. The summed E-state index contributed by atoms with van der Waals surface area (Å²) in [6, 6.07) is 20.2. The van der Waals surface area contributed by atoms with Crippen molar-refractivity contribution in [1.29, 1.82) is 0 Å². The normalized spacial score (nSPS) is 19.4. The third-order valence-corrected chi connectivity index (χ3v) is 4.97. The van der Waals surface area contributed by atoms with Crippen molar-refractivity contribution in [2.45, 2.75) is 0 Å². The van der Waals surface area contributed by atoms with E-state index in [9.17, 15) is 0 Å². The summed E-state index contributed by atoms with van der Waals surface area (Å²) in [4.78, 5) is 9.38. The van der Waals surface area contributed by atoms with Crippen molar-refractivity contribution in [3.63, 3.8) is 0 Å². The molecule has 0 N–H and O–H groups in total. The molecule has 100 valence electrons. The van der Waals surface area contributed by atoms with Crippen molar-refractivity contribution in [3.05, 3.63) is 60.7 Å². The molecule has 1 aliphatic heterocycles. The molecule has 0 atom stereocenters. The van der Waals surface area contributed by atoms with Gasteiger partial charge in [-0.25, -0.2) is 9.98 Å². The fourth-order valence-corrected chi connectivity index (χ4v) is 3.95. The lowest BCUT2D eigenvalue weighted by atomic mass is 10.3. The first-order chi connectivity index (χ1) is 9.90. The molecule has 0 spiro atoms. The molecule has 0 amide bonds. The summed E-state index contributed by atoms with van der Waals surface area (Å²) in [5, 5.41) is 2.25. The third kappa shape index (κ3) is 3.74.